The van der Waals surface area contributed by atoms with E-state index in [4.69, 9.17) is 9.47 Å². The summed E-state index contributed by atoms with van der Waals surface area (Å²) in [5.74, 6) is 1.05. The Labute approximate surface area is 196 Å². The number of nitrogens with zero attached hydrogens (tertiary/aromatic N) is 2. The van der Waals surface area contributed by atoms with Crippen molar-refractivity contribution in [1.29, 1.82) is 0 Å². The van der Waals surface area contributed by atoms with Gasteiger partial charge in [-0.25, -0.2) is 17.8 Å². The minimum atomic E-state index is -3.13. The fraction of sp³-hybridized carbons (Fsp3) is 0.435. The Morgan fingerprint density at radius 2 is 1.82 bits per heavy atom. The van der Waals surface area contributed by atoms with Gasteiger partial charge in [0, 0.05) is 30.7 Å². The molecule has 1 aromatic heterocycles. The lowest BCUT2D eigenvalue weighted by atomic mass is 10.00. The highest BCUT2D eigenvalue weighted by molar-refractivity contribution is 7.88. The molecule has 2 aliphatic heterocycles. The first kappa shape index (κ1) is 22.5. The second kappa shape index (κ2) is 9.17. The summed E-state index contributed by atoms with van der Waals surface area (Å²) in [7, 11) is -3.13. The van der Waals surface area contributed by atoms with Crippen LogP contribution in [0.2, 0.25) is 0 Å². The molecule has 3 aromatic rings. The first-order valence-electron chi connectivity index (χ1n) is 11.0. The SMILES string of the molecule is CS(=O)(=O)N1[C@@H]2CC[C@H]1CC(NCCOc1ccc(Oc3nc4cc(F)ccc4s3)cc1)C2. The fourth-order valence-corrected chi connectivity index (χ4v) is 7.18. The third kappa shape index (κ3) is 5.13. The number of hydrogen-bond acceptors (Lipinski definition) is 7. The minimum Gasteiger partial charge on any atom is -0.492 e. The molecule has 2 aromatic carbocycles. The molecule has 176 valence electrons. The molecule has 0 amide bonds. The first-order chi connectivity index (χ1) is 15.8. The average molecular weight is 492 g/mol. The smallest absolute Gasteiger partial charge is 0.279 e. The molecule has 0 saturated carbocycles. The van der Waals surface area contributed by atoms with E-state index in [9.17, 15) is 12.8 Å². The standard InChI is InChI=1S/C23H26FN3O4S2/c1-33(28,29)27-17-3-4-18(27)14-16(13-17)25-10-11-30-19-5-7-20(8-6-19)31-23-26-21-12-15(24)2-9-22(21)32-23/h2,5-9,12,16-18,25H,3-4,10-11,13-14H2,1H3/t16?,17-,18+. The van der Waals surface area contributed by atoms with Crippen LogP contribution in [-0.4, -0.2) is 55.2 Å². The summed E-state index contributed by atoms with van der Waals surface area (Å²) in [6.45, 7) is 1.22. The van der Waals surface area contributed by atoms with Gasteiger partial charge in [0.25, 0.3) is 5.19 Å². The summed E-state index contributed by atoms with van der Waals surface area (Å²) in [5.41, 5.74) is 0.581. The summed E-state index contributed by atoms with van der Waals surface area (Å²) in [6, 6.07) is 12.4. The first-order valence-corrected chi connectivity index (χ1v) is 13.7. The number of sulfonamides is 1. The summed E-state index contributed by atoms with van der Waals surface area (Å²) in [5, 5.41) is 3.98. The number of ether oxygens (including phenoxy) is 2. The summed E-state index contributed by atoms with van der Waals surface area (Å²) < 4.78 is 51.6. The molecular weight excluding hydrogens is 465 g/mol. The molecule has 0 radical (unpaired) electrons. The van der Waals surface area contributed by atoms with E-state index in [-0.39, 0.29) is 17.9 Å². The van der Waals surface area contributed by atoms with Crippen LogP contribution in [0, 0.1) is 5.82 Å². The van der Waals surface area contributed by atoms with Gasteiger partial charge in [-0.2, -0.15) is 4.31 Å². The van der Waals surface area contributed by atoms with E-state index in [1.54, 1.807) is 10.4 Å². The number of thiazole rings is 1. The highest BCUT2D eigenvalue weighted by Crippen LogP contribution is 2.37. The van der Waals surface area contributed by atoms with E-state index in [2.05, 4.69) is 10.3 Å². The van der Waals surface area contributed by atoms with Crippen molar-refractivity contribution in [2.75, 3.05) is 19.4 Å². The zero-order valence-corrected chi connectivity index (χ0v) is 19.9. The highest BCUT2D eigenvalue weighted by Gasteiger charge is 2.44. The molecular formula is C23H26FN3O4S2. The molecule has 0 spiro atoms. The van der Waals surface area contributed by atoms with Crippen molar-refractivity contribution in [3.05, 3.63) is 48.3 Å². The van der Waals surface area contributed by atoms with Crippen LogP contribution in [0.25, 0.3) is 10.2 Å². The predicted molar refractivity (Wildman–Crippen MR) is 126 cm³/mol. The topological polar surface area (TPSA) is 80.8 Å². The van der Waals surface area contributed by atoms with E-state index in [1.807, 2.05) is 24.3 Å². The van der Waals surface area contributed by atoms with Gasteiger partial charge in [0.2, 0.25) is 10.0 Å². The Bertz CT molecular complexity index is 1220. The zero-order chi connectivity index (χ0) is 23.0. The molecule has 33 heavy (non-hydrogen) atoms. The molecule has 1 N–H and O–H groups in total. The lowest BCUT2D eigenvalue weighted by Gasteiger charge is -2.37. The molecule has 0 aliphatic carbocycles. The molecule has 2 saturated heterocycles. The van der Waals surface area contributed by atoms with E-state index in [0.717, 1.165) is 36.1 Å². The Hall–Kier alpha value is -2.27. The Balaban J connectivity index is 1.08. The van der Waals surface area contributed by atoms with Crippen molar-refractivity contribution < 1.29 is 22.3 Å². The van der Waals surface area contributed by atoms with Gasteiger partial charge in [-0.1, -0.05) is 11.3 Å². The molecule has 3 heterocycles. The van der Waals surface area contributed by atoms with Crippen molar-refractivity contribution in [2.45, 2.75) is 43.8 Å². The Kier molecular flexibility index (Phi) is 6.26. The zero-order valence-electron chi connectivity index (χ0n) is 18.2. The molecule has 5 rings (SSSR count). The number of fused-ring (bicyclic) bond motifs is 3. The maximum absolute atomic E-state index is 13.3. The van der Waals surface area contributed by atoms with Gasteiger partial charge in [0.15, 0.2) is 0 Å². The molecule has 10 heteroatoms. The van der Waals surface area contributed by atoms with E-state index < -0.39 is 10.0 Å². The number of nitrogens with one attached hydrogen (secondary N) is 1. The molecule has 7 nitrogen and oxygen atoms in total. The van der Waals surface area contributed by atoms with Gasteiger partial charge in [0.1, 0.15) is 23.9 Å². The summed E-state index contributed by atoms with van der Waals surface area (Å²) >= 11 is 1.37. The molecule has 2 aliphatic rings. The summed E-state index contributed by atoms with van der Waals surface area (Å²) in [6.07, 6.45) is 4.93. The van der Waals surface area contributed by atoms with Gasteiger partial charge in [-0.15, -0.1) is 0 Å². The lowest BCUT2D eigenvalue weighted by molar-refractivity contribution is 0.201. The van der Waals surface area contributed by atoms with Crippen LogP contribution in [0.4, 0.5) is 4.39 Å². The molecule has 1 unspecified atom stereocenters. The van der Waals surface area contributed by atoms with E-state index >= 15 is 0 Å². The predicted octanol–water partition coefficient (Wildman–Crippen LogP) is 4.15. The van der Waals surface area contributed by atoms with Gasteiger partial charge in [-0.3, -0.25) is 0 Å². The van der Waals surface area contributed by atoms with Crippen molar-refractivity contribution in [3.8, 4) is 16.7 Å². The third-order valence-electron chi connectivity index (χ3n) is 6.21. The second-order valence-electron chi connectivity index (χ2n) is 8.61. The van der Waals surface area contributed by atoms with E-state index in [0.29, 0.717) is 35.7 Å². The molecule has 2 fully saturated rings. The van der Waals surface area contributed by atoms with Crippen LogP contribution in [0.5, 0.6) is 16.7 Å². The Morgan fingerprint density at radius 1 is 1.12 bits per heavy atom. The van der Waals surface area contributed by atoms with Crippen LogP contribution in [0.15, 0.2) is 42.5 Å². The van der Waals surface area contributed by atoms with Gasteiger partial charge >= 0.3 is 0 Å². The van der Waals surface area contributed by atoms with Crippen LogP contribution >= 0.6 is 11.3 Å². The van der Waals surface area contributed by atoms with Crippen molar-refractivity contribution >= 4 is 31.6 Å². The fourth-order valence-electron chi connectivity index (χ4n) is 4.90. The number of piperidine rings is 1. The minimum absolute atomic E-state index is 0.124. The normalized spacial score (nSPS) is 23.2. The maximum Gasteiger partial charge on any atom is 0.279 e. The summed E-state index contributed by atoms with van der Waals surface area (Å²) in [4.78, 5) is 4.31. The van der Waals surface area contributed by atoms with Gasteiger partial charge in [-0.05, 0) is 62.1 Å². The quantitative estimate of drug-likeness (QED) is 0.477. The monoisotopic (exact) mass is 491 g/mol. The molecule has 2 bridgehead atoms. The van der Waals surface area contributed by atoms with Gasteiger partial charge < -0.3 is 14.8 Å². The van der Waals surface area contributed by atoms with Crippen molar-refractivity contribution in [1.82, 2.24) is 14.6 Å². The third-order valence-corrected chi connectivity index (χ3v) is 8.49. The van der Waals surface area contributed by atoms with Crippen molar-refractivity contribution in [2.24, 2.45) is 0 Å². The van der Waals surface area contributed by atoms with Crippen LogP contribution in [-0.2, 0) is 10.0 Å². The van der Waals surface area contributed by atoms with E-state index in [1.165, 1.54) is 29.7 Å². The van der Waals surface area contributed by atoms with Crippen LogP contribution in [0.3, 0.4) is 0 Å². The number of benzene rings is 2. The number of aromatic nitrogens is 1. The highest BCUT2D eigenvalue weighted by atomic mass is 32.2. The number of halogens is 1. The number of hydrogen-bond donors (Lipinski definition) is 1. The largest absolute Gasteiger partial charge is 0.492 e. The van der Waals surface area contributed by atoms with Crippen LogP contribution in [0.1, 0.15) is 25.7 Å². The second-order valence-corrected chi connectivity index (χ2v) is 11.5. The van der Waals surface area contributed by atoms with Crippen molar-refractivity contribution in [3.63, 3.8) is 0 Å². The van der Waals surface area contributed by atoms with Gasteiger partial charge in [0.05, 0.1) is 16.5 Å². The molecule has 3 atom stereocenters. The maximum atomic E-state index is 13.3. The lowest BCUT2D eigenvalue weighted by Crippen LogP contribution is -2.51. The Morgan fingerprint density at radius 3 is 2.52 bits per heavy atom. The van der Waals surface area contributed by atoms with Crippen LogP contribution < -0.4 is 14.8 Å². The number of rotatable bonds is 8. The average Bonchev–Trinajstić information content (AvgIpc) is 3.29.